The third kappa shape index (κ3) is 2.70. The van der Waals surface area contributed by atoms with Crippen LogP contribution in [0.2, 0.25) is 0 Å². The van der Waals surface area contributed by atoms with Crippen molar-refractivity contribution in [1.29, 1.82) is 0 Å². The number of carbonyl (C=O) groups excluding carboxylic acids is 1. The molecule has 0 unspecified atom stereocenters. The van der Waals surface area contributed by atoms with E-state index in [9.17, 15) is 4.79 Å². The Morgan fingerprint density at radius 2 is 2.40 bits per heavy atom. The van der Waals surface area contributed by atoms with Crippen molar-refractivity contribution >= 4 is 5.91 Å². The van der Waals surface area contributed by atoms with Crippen LogP contribution in [0.4, 0.5) is 0 Å². The molecule has 1 amide bonds. The standard InChI is InChI=1S/C14H16N4O2/c19-14(12-5-2-9-20-12)16-10-11-4-1-6-15-13(11)18-8-3-7-17-18/h1,3-4,6-8,12H,2,5,9-10H2,(H,16,19)/t12-/m0/s1. The molecular weight excluding hydrogens is 256 g/mol. The minimum absolute atomic E-state index is 0.0576. The summed E-state index contributed by atoms with van der Waals surface area (Å²) in [5, 5.41) is 7.07. The first-order valence-electron chi connectivity index (χ1n) is 6.68. The van der Waals surface area contributed by atoms with Crippen molar-refractivity contribution in [3.05, 3.63) is 42.4 Å². The van der Waals surface area contributed by atoms with Crippen molar-refractivity contribution in [3.63, 3.8) is 0 Å². The molecule has 1 aliphatic heterocycles. The van der Waals surface area contributed by atoms with Crippen molar-refractivity contribution in [1.82, 2.24) is 20.1 Å². The number of pyridine rings is 1. The Bertz CT molecular complexity index is 577. The van der Waals surface area contributed by atoms with Gasteiger partial charge in [-0.05, 0) is 25.0 Å². The van der Waals surface area contributed by atoms with E-state index in [1.807, 2.05) is 24.4 Å². The van der Waals surface area contributed by atoms with E-state index >= 15 is 0 Å². The number of ether oxygens (including phenoxy) is 1. The van der Waals surface area contributed by atoms with Crippen molar-refractivity contribution < 1.29 is 9.53 Å². The smallest absolute Gasteiger partial charge is 0.249 e. The molecule has 6 heteroatoms. The Balaban J connectivity index is 1.70. The van der Waals surface area contributed by atoms with Crippen molar-refractivity contribution in [2.24, 2.45) is 0 Å². The molecule has 0 aromatic carbocycles. The molecule has 1 aliphatic rings. The molecule has 1 atom stereocenters. The lowest BCUT2D eigenvalue weighted by molar-refractivity contribution is -0.130. The zero-order chi connectivity index (χ0) is 13.8. The zero-order valence-corrected chi connectivity index (χ0v) is 11.0. The summed E-state index contributed by atoms with van der Waals surface area (Å²) in [5.74, 6) is 0.669. The summed E-state index contributed by atoms with van der Waals surface area (Å²) in [6.07, 6.45) is 6.67. The number of carbonyl (C=O) groups is 1. The van der Waals surface area contributed by atoms with Gasteiger partial charge in [0.05, 0.1) is 0 Å². The Morgan fingerprint density at radius 3 is 3.15 bits per heavy atom. The molecule has 0 spiro atoms. The van der Waals surface area contributed by atoms with Gasteiger partial charge in [-0.3, -0.25) is 4.79 Å². The highest BCUT2D eigenvalue weighted by Crippen LogP contribution is 2.13. The molecule has 0 aliphatic carbocycles. The fraction of sp³-hybridized carbons (Fsp3) is 0.357. The van der Waals surface area contributed by atoms with Gasteiger partial charge in [-0.2, -0.15) is 5.10 Å². The highest BCUT2D eigenvalue weighted by Gasteiger charge is 2.23. The van der Waals surface area contributed by atoms with E-state index in [0.717, 1.165) is 24.2 Å². The third-order valence-corrected chi connectivity index (χ3v) is 3.26. The van der Waals surface area contributed by atoms with E-state index in [0.29, 0.717) is 13.2 Å². The Morgan fingerprint density at radius 1 is 1.45 bits per heavy atom. The molecule has 1 fully saturated rings. The maximum Gasteiger partial charge on any atom is 0.249 e. The minimum atomic E-state index is -0.306. The summed E-state index contributed by atoms with van der Waals surface area (Å²) < 4.78 is 7.05. The van der Waals surface area contributed by atoms with Crippen molar-refractivity contribution in [2.45, 2.75) is 25.5 Å². The fourth-order valence-corrected chi connectivity index (χ4v) is 2.25. The van der Waals surface area contributed by atoms with Gasteiger partial charge < -0.3 is 10.1 Å². The van der Waals surface area contributed by atoms with Gasteiger partial charge >= 0.3 is 0 Å². The number of amides is 1. The molecule has 0 bridgehead atoms. The van der Waals surface area contributed by atoms with E-state index in [1.54, 1.807) is 17.1 Å². The molecule has 2 aromatic rings. The number of hydrogen-bond acceptors (Lipinski definition) is 4. The SMILES string of the molecule is O=C(NCc1cccnc1-n1cccn1)[C@@H]1CCCO1. The average Bonchev–Trinajstić information content (AvgIpc) is 3.17. The lowest BCUT2D eigenvalue weighted by Gasteiger charge is -2.12. The average molecular weight is 272 g/mol. The zero-order valence-electron chi connectivity index (χ0n) is 11.0. The lowest BCUT2D eigenvalue weighted by atomic mass is 10.2. The summed E-state index contributed by atoms with van der Waals surface area (Å²) in [4.78, 5) is 16.3. The maximum atomic E-state index is 11.9. The first-order valence-corrected chi connectivity index (χ1v) is 6.68. The van der Waals surface area contributed by atoms with E-state index in [4.69, 9.17) is 4.74 Å². The van der Waals surface area contributed by atoms with E-state index in [-0.39, 0.29) is 12.0 Å². The lowest BCUT2D eigenvalue weighted by Crippen LogP contribution is -2.33. The Hall–Kier alpha value is -2.21. The molecule has 0 radical (unpaired) electrons. The van der Waals surface area contributed by atoms with Crippen LogP contribution in [0.5, 0.6) is 0 Å². The molecule has 2 aromatic heterocycles. The van der Waals surface area contributed by atoms with Crippen LogP contribution in [0, 0.1) is 0 Å². The molecule has 3 rings (SSSR count). The Kier molecular flexibility index (Phi) is 3.73. The molecule has 3 heterocycles. The van der Waals surface area contributed by atoms with Crippen LogP contribution in [-0.2, 0) is 16.1 Å². The molecule has 20 heavy (non-hydrogen) atoms. The van der Waals surface area contributed by atoms with Gasteiger partial charge in [-0.15, -0.1) is 0 Å². The molecule has 104 valence electrons. The molecular formula is C14H16N4O2. The van der Waals surface area contributed by atoms with Crippen LogP contribution in [0.25, 0.3) is 5.82 Å². The second kappa shape index (κ2) is 5.83. The summed E-state index contributed by atoms with van der Waals surface area (Å²) in [6, 6.07) is 5.61. The predicted octanol–water partition coefficient (Wildman–Crippen LogP) is 1.06. The molecule has 1 N–H and O–H groups in total. The molecule has 6 nitrogen and oxygen atoms in total. The van der Waals surface area contributed by atoms with Gasteiger partial charge in [0.2, 0.25) is 5.91 Å². The van der Waals surface area contributed by atoms with E-state index in [2.05, 4.69) is 15.4 Å². The Labute approximate surface area is 116 Å². The number of rotatable bonds is 4. The summed E-state index contributed by atoms with van der Waals surface area (Å²) in [6.45, 7) is 1.09. The summed E-state index contributed by atoms with van der Waals surface area (Å²) in [7, 11) is 0. The van der Waals surface area contributed by atoms with Gasteiger partial charge in [0.25, 0.3) is 0 Å². The first kappa shape index (κ1) is 12.8. The van der Waals surface area contributed by atoms with Crippen LogP contribution < -0.4 is 5.32 Å². The van der Waals surface area contributed by atoms with Crippen LogP contribution in [0.15, 0.2) is 36.8 Å². The number of nitrogens with one attached hydrogen (secondary N) is 1. The van der Waals surface area contributed by atoms with Gasteiger partial charge in [0.15, 0.2) is 5.82 Å². The van der Waals surface area contributed by atoms with Gasteiger partial charge in [0.1, 0.15) is 6.10 Å². The van der Waals surface area contributed by atoms with Crippen LogP contribution in [0.1, 0.15) is 18.4 Å². The van der Waals surface area contributed by atoms with Crippen molar-refractivity contribution in [3.8, 4) is 5.82 Å². The van der Waals surface area contributed by atoms with Crippen molar-refractivity contribution in [2.75, 3.05) is 6.61 Å². The summed E-state index contributed by atoms with van der Waals surface area (Å²) >= 11 is 0. The summed E-state index contributed by atoms with van der Waals surface area (Å²) in [5.41, 5.74) is 0.919. The highest BCUT2D eigenvalue weighted by atomic mass is 16.5. The fourth-order valence-electron chi connectivity index (χ4n) is 2.25. The molecule has 0 saturated carbocycles. The van der Waals surface area contributed by atoms with Crippen LogP contribution in [-0.4, -0.2) is 33.4 Å². The van der Waals surface area contributed by atoms with Gasteiger partial charge in [0, 0.05) is 37.3 Å². The van der Waals surface area contributed by atoms with E-state index in [1.165, 1.54) is 0 Å². The highest BCUT2D eigenvalue weighted by molar-refractivity contribution is 5.81. The molecule has 1 saturated heterocycles. The topological polar surface area (TPSA) is 69.0 Å². The third-order valence-electron chi connectivity index (χ3n) is 3.26. The number of nitrogens with zero attached hydrogens (tertiary/aromatic N) is 3. The maximum absolute atomic E-state index is 11.9. The first-order chi connectivity index (χ1) is 9.84. The predicted molar refractivity (Wildman–Crippen MR) is 72.2 cm³/mol. The normalized spacial score (nSPS) is 18.1. The van der Waals surface area contributed by atoms with E-state index < -0.39 is 0 Å². The second-order valence-corrected chi connectivity index (χ2v) is 4.66. The van der Waals surface area contributed by atoms with Crippen LogP contribution in [0.3, 0.4) is 0 Å². The monoisotopic (exact) mass is 272 g/mol. The second-order valence-electron chi connectivity index (χ2n) is 4.66. The van der Waals surface area contributed by atoms with Crippen LogP contribution >= 0.6 is 0 Å². The van der Waals surface area contributed by atoms with Gasteiger partial charge in [-0.25, -0.2) is 9.67 Å². The quantitative estimate of drug-likeness (QED) is 0.903. The number of aromatic nitrogens is 3. The minimum Gasteiger partial charge on any atom is -0.368 e. The number of hydrogen-bond donors (Lipinski definition) is 1. The largest absolute Gasteiger partial charge is 0.368 e. The van der Waals surface area contributed by atoms with Gasteiger partial charge in [-0.1, -0.05) is 6.07 Å².